The molecule has 0 spiro atoms. The molecule has 0 aliphatic heterocycles. The lowest BCUT2D eigenvalue weighted by Crippen LogP contribution is -2.41. The van der Waals surface area contributed by atoms with Gasteiger partial charge in [-0.05, 0) is 12.1 Å². The van der Waals surface area contributed by atoms with Gasteiger partial charge in [0, 0.05) is 25.3 Å². The zero-order chi connectivity index (χ0) is 12.1. The molecule has 0 fully saturated rings. The summed E-state index contributed by atoms with van der Waals surface area (Å²) in [4.78, 5) is 12.4. The lowest BCUT2D eigenvalue weighted by molar-refractivity contribution is -0.138. The van der Waals surface area contributed by atoms with Crippen molar-refractivity contribution in [1.82, 2.24) is 0 Å². The number of anilines is 1. The second kappa shape index (κ2) is 5.37. The molecule has 0 aliphatic rings. The van der Waals surface area contributed by atoms with Gasteiger partial charge in [-0.1, -0.05) is 6.07 Å². The minimum atomic E-state index is -1.00. The highest BCUT2D eigenvalue weighted by Gasteiger charge is 2.14. The molecule has 1 unspecified atom stereocenters. The molecule has 0 aromatic heterocycles. The van der Waals surface area contributed by atoms with Crippen LogP contribution in [-0.4, -0.2) is 37.8 Å². The molecule has 1 rings (SSSR count). The predicted molar refractivity (Wildman–Crippen MR) is 61.9 cm³/mol. The molecule has 1 atom stereocenters. The monoisotopic (exact) mass is 224 g/mol. The summed E-state index contributed by atoms with van der Waals surface area (Å²) < 4.78 is 5.08. The normalized spacial score (nSPS) is 11.9. The minimum absolute atomic E-state index is 0.252. The molecule has 0 amide bonds. The van der Waals surface area contributed by atoms with Crippen molar-refractivity contribution in [3.05, 3.63) is 24.3 Å². The Morgan fingerprint density at radius 3 is 2.88 bits per heavy atom. The third kappa shape index (κ3) is 3.13. The van der Waals surface area contributed by atoms with Crippen LogP contribution in [-0.2, 0) is 4.79 Å². The maximum Gasteiger partial charge on any atom is 0.322 e. The number of rotatable bonds is 5. The van der Waals surface area contributed by atoms with E-state index in [2.05, 4.69) is 0 Å². The van der Waals surface area contributed by atoms with E-state index in [4.69, 9.17) is 15.6 Å². The Bertz CT molecular complexity index is 368. The third-order valence-corrected chi connectivity index (χ3v) is 2.28. The Labute approximate surface area is 94.4 Å². The Morgan fingerprint density at radius 2 is 2.31 bits per heavy atom. The van der Waals surface area contributed by atoms with Crippen LogP contribution in [0.1, 0.15) is 0 Å². The molecule has 5 heteroatoms. The first kappa shape index (κ1) is 12.3. The van der Waals surface area contributed by atoms with Gasteiger partial charge in [0.25, 0.3) is 0 Å². The lowest BCUT2D eigenvalue weighted by atomic mass is 10.2. The van der Waals surface area contributed by atoms with Crippen LogP contribution in [0.2, 0.25) is 0 Å². The molecular weight excluding hydrogens is 208 g/mol. The number of carboxylic acid groups (broad SMARTS) is 1. The number of hydrogen-bond donors (Lipinski definition) is 2. The van der Waals surface area contributed by atoms with E-state index in [9.17, 15) is 4.79 Å². The van der Waals surface area contributed by atoms with E-state index in [1.54, 1.807) is 19.1 Å². The number of aliphatic carboxylic acids is 1. The van der Waals surface area contributed by atoms with E-state index in [-0.39, 0.29) is 6.54 Å². The number of nitrogens with two attached hydrogens (primary N) is 1. The van der Waals surface area contributed by atoms with Crippen molar-refractivity contribution in [3.8, 4) is 5.75 Å². The summed E-state index contributed by atoms with van der Waals surface area (Å²) in [5.74, 6) is -0.275. The van der Waals surface area contributed by atoms with E-state index < -0.39 is 12.0 Å². The summed E-state index contributed by atoms with van der Waals surface area (Å²) >= 11 is 0. The fraction of sp³-hybridized carbons (Fsp3) is 0.364. The maximum absolute atomic E-state index is 10.6. The van der Waals surface area contributed by atoms with Gasteiger partial charge < -0.3 is 20.5 Å². The van der Waals surface area contributed by atoms with Gasteiger partial charge in [0.1, 0.15) is 11.8 Å². The van der Waals surface area contributed by atoms with E-state index >= 15 is 0 Å². The molecular formula is C11H16N2O3. The first-order valence-corrected chi connectivity index (χ1v) is 4.88. The molecule has 1 aromatic carbocycles. The molecule has 16 heavy (non-hydrogen) atoms. The molecule has 0 saturated heterocycles. The average Bonchev–Trinajstić information content (AvgIpc) is 2.28. The second-order valence-corrected chi connectivity index (χ2v) is 3.53. The SMILES string of the molecule is COc1cccc(N(C)CC(N)C(=O)O)c1. The second-order valence-electron chi connectivity index (χ2n) is 3.53. The first-order valence-electron chi connectivity index (χ1n) is 4.88. The number of carbonyl (C=O) groups is 1. The van der Waals surface area contributed by atoms with Crippen molar-refractivity contribution in [1.29, 1.82) is 0 Å². The van der Waals surface area contributed by atoms with Gasteiger partial charge in [0.05, 0.1) is 7.11 Å². The van der Waals surface area contributed by atoms with Crippen molar-refractivity contribution in [3.63, 3.8) is 0 Å². The standard InChI is InChI=1S/C11H16N2O3/c1-13(7-10(12)11(14)15)8-4-3-5-9(6-8)16-2/h3-6,10H,7,12H2,1-2H3,(H,14,15). The van der Waals surface area contributed by atoms with E-state index in [1.807, 2.05) is 24.3 Å². The molecule has 0 radical (unpaired) electrons. The highest BCUT2D eigenvalue weighted by atomic mass is 16.5. The highest BCUT2D eigenvalue weighted by molar-refractivity contribution is 5.74. The van der Waals surface area contributed by atoms with Crippen molar-refractivity contribution < 1.29 is 14.6 Å². The Balaban J connectivity index is 2.72. The Morgan fingerprint density at radius 1 is 1.62 bits per heavy atom. The summed E-state index contributed by atoms with van der Waals surface area (Å²) in [5.41, 5.74) is 6.32. The number of carboxylic acids is 1. The van der Waals surface area contributed by atoms with Crippen molar-refractivity contribution in [2.75, 3.05) is 25.6 Å². The molecule has 88 valence electrons. The van der Waals surface area contributed by atoms with Gasteiger partial charge in [-0.15, -0.1) is 0 Å². The Hall–Kier alpha value is -1.75. The first-order chi connectivity index (χ1) is 7.54. The van der Waals surface area contributed by atoms with Crippen LogP contribution >= 0.6 is 0 Å². The minimum Gasteiger partial charge on any atom is -0.497 e. The highest BCUT2D eigenvalue weighted by Crippen LogP contribution is 2.19. The molecule has 0 bridgehead atoms. The van der Waals surface area contributed by atoms with Crippen molar-refractivity contribution in [2.45, 2.75) is 6.04 Å². The smallest absolute Gasteiger partial charge is 0.322 e. The van der Waals surface area contributed by atoms with E-state index in [1.165, 1.54) is 0 Å². The summed E-state index contributed by atoms with van der Waals surface area (Å²) in [7, 11) is 3.37. The maximum atomic E-state index is 10.6. The van der Waals surface area contributed by atoms with Gasteiger partial charge >= 0.3 is 5.97 Å². The number of ether oxygens (including phenoxy) is 1. The summed E-state index contributed by atoms with van der Waals surface area (Å²) in [6.45, 7) is 0.252. The lowest BCUT2D eigenvalue weighted by Gasteiger charge is -2.21. The summed E-state index contributed by atoms with van der Waals surface area (Å²) in [5, 5.41) is 8.70. The quantitative estimate of drug-likeness (QED) is 0.763. The van der Waals surface area contributed by atoms with Gasteiger partial charge in [-0.25, -0.2) is 0 Å². The molecule has 3 N–H and O–H groups in total. The number of nitrogens with zero attached hydrogens (tertiary/aromatic N) is 1. The average molecular weight is 224 g/mol. The van der Waals surface area contributed by atoms with Crippen molar-refractivity contribution >= 4 is 11.7 Å². The number of hydrogen-bond acceptors (Lipinski definition) is 4. The van der Waals surface area contributed by atoms with Crippen LogP contribution < -0.4 is 15.4 Å². The van der Waals surface area contributed by atoms with Crippen LogP contribution in [0.25, 0.3) is 0 Å². The van der Waals surface area contributed by atoms with Crippen LogP contribution in [0.3, 0.4) is 0 Å². The zero-order valence-corrected chi connectivity index (χ0v) is 9.38. The van der Waals surface area contributed by atoms with Crippen LogP contribution in [0.4, 0.5) is 5.69 Å². The summed E-state index contributed by atoms with van der Waals surface area (Å²) in [6.07, 6.45) is 0. The fourth-order valence-corrected chi connectivity index (χ4v) is 1.33. The van der Waals surface area contributed by atoms with E-state index in [0.717, 1.165) is 11.4 Å². The van der Waals surface area contributed by atoms with Crippen LogP contribution in [0.15, 0.2) is 24.3 Å². The topological polar surface area (TPSA) is 75.8 Å². The van der Waals surface area contributed by atoms with E-state index in [0.29, 0.717) is 0 Å². The predicted octanol–water partition coefficient (Wildman–Crippen LogP) is 0.543. The number of likely N-dealkylation sites (N-methyl/N-ethyl adjacent to an activating group) is 1. The van der Waals surface area contributed by atoms with Gasteiger partial charge in [-0.3, -0.25) is 4.79 Å². The number of benzene rings is 1. The number of methoxy groups -OCH3 is 1. The van der Waals surface area contributed by atoms with Gasteiger partial charge in [-0.2, -0.15) is 0 Å². The molecule has 1 aromatic rings. The molecule has 5 nitrogen and oxygen atoms in total. The van der Waals surface area contributed by atoms with Gasteiger partial charge in [0.15, 0.2) is 0 Å². The fourth-order valence-electron chi connectivity index (χ4n) is 1.33. The van der Waals surface area contributed by atoms with Gasteiger partial charge in [0.2, 0.25) is 0 Å². The largest absolute Gasteiger partial charge is 0.497 e. The molecule has 0 aliphatic carbocycles. The zero-order valence-electron chi connectivity index (χ0n) is 9.38. The molecule has 0 heterocycles. The molecule has 0 saturated carbocycles. The Kier molecular flexibility index (Phi) is 4.13. The summed E-state index contributed by atoms with van der Waals surface area (Å²) in [6, 6.07) is 6.48. The van der Waals surface area contributed by atoms with Crippen molar-refractivity contribution in [2.24, 2.45) is 5.73 Å². The van der Waals surface area contributed by atoms with Crippen LogP contribution in [0.5, 0.6) is 5.75 Å². The third-order valence-electron chi connectivity index (χ3n) is 2.28. The van der Waals surface area contributed by atoms with Crippen LogP contribution in [0, 0.1) is 0 Å².